The van der Waals surface area contributed by atoms with Gasteiger partial charge in [-0.05, 0) is 49.8 Å². The molecule has 3 rings (SSSR count). The number of thiophene rings is 1. The van der Waals surface area contributed by atoms with Crippen LogP contribution in [-0.4, -0.2) is 25.0 Å². The van der Waals surface area contributed by atoms with Gasteiger partial charge < -0.3 is 10.2 Å². The third kappa shape index (κ3) is 5.82. The van der Waals surface area contributed by atoms with Crippen LogP contribution < -0.4 is 5.32 Å². The Hall–Kier alpha value is -1.94. The van der Waals surface area contributed by atoms with Crippen molar-refractivity contribution in [1.29, 1.82) is 0 Å². The molecule has 0 atom stereocenters. The molecular weight excluding hydrogens is 324 g/mol. The van der Waals surface area contributed by atoms with Crippen molar-refractivity contribution in [3.63, 3.8) is 0 Å². The van der Waals surface area contributed by atoms with E-state index in [0.717, 1.165) is 26.2 Å². The Morgan fingerprint density at radius 2 is 1.60 bits per heavy atom. The molecule has 1 aromatic heterocycles. The average Bonchev–Trinajstić information content (AvgIpc) is 3.12. The normalized spacial score (nSPS) is 11.1. The van der Waals surface area contributed by atoms with Crippen LogP contribution in [0.1, 0.15) is 16.9 Å². The minimum atomic E-state index is 0.958. The maximum atomic E-state index is 3.57. The summed E-state index contributed by atoms with van der Waals surface area (Å²) in [4.78, 5) is 5.13. The van der Waals surface area contributed by atoms with Crippen LogP contribution in [-0.2, 0) is 13.1 Å². The second-order valence-corrected chi connectivity index (χ2v) is 7.55. The van der Waals surface area contributed by atoms with Crippen molar-refractivity contribution in [2.24, 2.45) is 0 Å². The molecule has 0 aliphatic rings. The first-order valence-corrected chi connectivity index (χ1v) is 9.70. The highest BCUT2D eigenvalue weighted by molar-refractivity contribution is 7.15. The van der Waals surface area contributed by atoms with Gasteiger partial charge in [-0.3, -0.25) is 0 Å². The summed E-state index contributed by atoms with van der Waals surface area (Å²) in [5, 5.41) is 3.57. The summed E-state index contributed by atoms with van der Waals surface area (Å²) in [6.07, 6.45) is 1.17. The van der Waals surface area contributed by atoms with Crippen molar-refractivity contribution in [2.45, 2.75) is 19.5 Å². The van der Waals surface area contributed by atoms with Crippen LogP contribution in [0.2, 0.25) is 0 Å². The maximum Gasteiger partial charge on any atom is 0.0346 e. The molecule has 0 aliphatic carbocycles. The SMILES string of the molecule is CN(CCCNCc1ccc(-c2ccccc2)s1)Cc1ccccc1. The van der Waals surface area contributed by atoms with Crippen LogP contribution in [0.4, 0.5) is 0 Å². The van der Waals surface area contributed by atoms with Gasteiger partial charge >= 0.3 is 0 Å². The minimum Gasteiger partial charge on any atom is -0.312 e. The number of nitrogens with zero attached hydrogens (tertiary/aromatic N) is 1. The summed E-state index contributed by atoms with van der Waals surface area (Å²) < 4.78 is 0. The second kappa shape index (κ2) is 9.52. The Morgan fingerprint density at radius 3 is 2.36 bits per heavy atom. The molecule has 3 heteroatoms. The summed E-state index contributed by atoms with van der Waals surface area (Å²) in [7, 11) is 2.19. The van der Waals surface area contributed by atoms with Crippen molar-refractivity contribution in [3.8, 4) is 10.4 Å². The Bertz CT molecular complexity index is 737. The van der Waals surface area contributed by atoms with Crippen molar-refractivity contribution >= 4 is 11.3 Å². The molecule has 0 fully saturated rings. The van der Waals surface area contributed by atoms with Gasteiger partial charge in [0.15, 0.2) is 0 Å². The highest BCUT2D eigenvalue weighted by Crippen LogP contribution is 2.27. The van der Waals surface area contributed by atoms with Gasteiger partial charge in [0, 0.05) is 22.8 Å². The van der Waals surface area contributed by atoms with E-state index in [9.17, 15) is 0 Å². The lowest BCUT2D eigenvalue weighted by molar-refractivity contribution is 0.319. The predicted molar refractivity (Wildman–Crippen MR) is 109 cm³/mol. The quantitative estimate of drug-likeness (QED) is 0.545. The average molecular weight is 351 g/mol. The zero-order chi connectivity index (χ0) is 17.3. The fourth-order valence-corrected chi connectivity index (χ4v) is 3.87. The molecular formula is C22H26N2S. The molecule has 0 unspecified atom stereocenters. The first-order chi connectivity index (χ1) is 12.3. The van der Waals surface area contributed by atoms with E-state index in [1.54, 1.807) is 0 Å². The molecule has 0 spiro atoms. The molecule has 130 valence electrons. The zero-order valence-electron chi connectivity index (χ0n) is 14.8. The molecule has 0 radical (unpaired) electrons. The van der Waals surface area contributed by atoms with Crippen LogP contribution in [0, 0.1) is 0 Å². The number of hydrogen-bond donors (Lipinski definition) is 1. The molecule has 3 aromatic rings. The van der Waals surface area contributed by atoms with Crippen molar-refractivity contribution in [1.82, 2.24) is 10.2 Å². The first kappa shape index (κ1) is 17.9. The molecule has 0 amide bonds. The molecule has 2 nitrogen and oxygen atoms in total. The first-order valence-electron chi connectivity index (χ1n) is 8.88. The molecule has 0 saturated carbocycles. The van der Waals surface area contributed by atoms with Gasteiger partial charge in [-0.2, -0.15) is 0 Å². The number of benzene rings is 2. The van der Waals surface area contributed by atoms with Gasteiger partial charge in [0.25, 0.3) is 0 Å². The molecule has 1 N–H and O–H groups in total. The van der Waals surface area contributed by atoms with Crippen LogP contribution in [0.5, 0.6) is 0 Å². The van der Waals surface area contributed by atoms with Crippen LogP contribution >= 0.6 is 11.3 Å². The van der Waals surface area contributed by atoms with Gasteiger partial charge in [-0.1, -0.05) is 60.7 Å². The summed E-state index contributed by atoms with van der Waals surface area (Å²) in [5.41, 5.74) is 2.69. The fourth-order valence-electron chi connectivity index (χ4n) is 2.89. The van der Waals surface area contributed by atoms with Crippen LogP contribution in [0.25, 0.3) is 10.4 Å². The molecule has 25 heavy (non-hydrogen) atoms. The summed E-state index contributed by atoms with van der Waals surface area (Å²) in [6.45, 7) is 4.14. The Morgan fingerprint density at radius 1 is 0.880 bits per heavy atom. The third-order valence-electron chi connectivity index (χ3n) is 4.21. The number of nitrogens with one attached hydrogen (secondary N) is 1. The lowest BCUT2D eigenvalue weighted by atomic mass is 10.2. The van der Waals surface area contributed by atoms with E-state index in [1.165, 1.54) is 27.3 Å². The lowest BCUT2D eigenvalue weighted by Gasteiger charge is -2.16. The zero-order valence-corrected chi connectivity index (χ0v) is 15.6. The number of hydrogen-bond acceptors (Lipinski definition) is 3. The number of rotatable bonds is 9. The lowest BCUT2D eigenvalue weighted by Crippen LogP contribution is -2.23. The smallest absolute Gasteiger partial charge is 0.0346 e. The third-order valence-corrected chi connectivity index (χ3v) is 5.34. The van der Waals surface area contributed by atoms with Gasteiger partial charge in [-0.25, -0.2) is 0 Å². The Labute approximate surface area is 155 Å². The van der Waals surface area contributed by atoms with Crippen molar-refractivity contribution in [2.75, 3.05) is 20.1 Å². The van der Waals surface area contributed by atoms with Crippen molar-refractivity contribution < 1.29 is 0 Å². The van der Waals surface area contributed by atoms with E-state index in [-0.39, 0.29) is 0 Å². The standard InChI is InChI=1S/C22H26N2S/c1-24(18-19-9-4-2-5-10-19)16-8-15-23-17-21-13-14-22(25-21)20-11-6-3-7-12-20/h2-7,9-14,23H,8,15-18H2,1H3. The van der Waals surface area contributed by atoms with Crippen LogP contribution in [0.3, 0.4) is 0 Å². The van der Waals surface area contributed by atoms with E-state index >= 15 is 0 Å². The largest absolute Gasteiger partial charge is 0.312 e. The van der Waals surface area contributed by atoms with Gasteiger partial charge in [0.2, 0.25) is 0 Å². The maximum absolute atomic E-state index is 3.57. The van der Waals surface area contributed by atoms with E-state index in [1.807, 2.05) is 11.3 Å². The van der Waals surface area contributed by atoms with E-state index in [4.69, 9.17) is 0 Å². The molecule has 1 heterocycles. The highest BCUT2D eigenvalue weighted by Gasteiger charge is 2.03. The van der Waals surface area contributed by atoms with Crippen molar-refractivity contribution in [3.05, 3.63) is 83.2 Å². The topological polar surface area (TPSA) is 15.3 Å². The predicted octanol–water partition coefficient (Wildman–Crippen LogP) is 5.03. The van der Waals surface area contributed by atoms with E-state index in [0.29, 0.717) is 0 Å². The summed E-state index contributed by atoms with van der Waals surface area (Å²) >= 11 is 1.88. The molecule has 0 aliphatic heterocycles. The Kier molecular flexibility index (Phi) is 6.80. The fraction of sp³-hybridized carbons (Fsp3) is 0.273. The molecule has 2 aromatic carbocycles. The molecule has 0 bridgehead atoms. The van der Waals surface area contributed by atoms with Gasteiger partial charge in [-0.15, -0.1) is 11.3 Å². The van der Waals surface area contributed by atoms with Crippen LogP contribution in [0.15, 0.2) is 72.8 Å². The van der Waals surface area contributed by atoms with Gasteiger partial charge in [0.05, 0.1) is 0 Å². The summed E-state index contributed by atoms with van der Waals surface area (Å²) in [5.74, 6) is 0. The monoisotopic (exact) mass is 350 g/mol. The highest BCUT2D eigenvalue weighted by atomic mass is 32.1. The van der Waals surface area contributed by atoms with E-state index in [2.05, 4.69) is 90.1 Å². The Balaban J connectivity index is 1.34. The minimum absolute atomic E-state index is 0.958. The van der Waals surface area contributed by atoms with E-state index < -0.39 is 0 Å². The molecule has 0 saturated heterocycles. The second-order valence-electron chi connectivity index (χ2n) is 6.39. The summed E-state index contributed by atoms with van der Waals surface area (Å²) in [6, 6.07) is 25.7. The van der Waals surface area contributed by atoms with Gasteiger partial charge in [0.1, 0.15) is 0 Å².